The first-order valence-corrected chi connectivity index (χ1v) is 8.47. The van der Waals surface area contributed by atoms with Gasteiger partial charge in [-0.2, -0.15) is 21.0 Å². The van der Waals surface area contributed by atoms with E-state index in [9.17, 15) is 13.2 Å². The Balaban J connectivity index is 2.11. The zero-order chi connectivity index (χ0) is 17.0. The summed E-state index contributed by atoms with van der Waals surface area (Å²) in [6.07, 6.45) is 1.68. The van der Waals surface area contributed by atoms with Crippen LogP contribution in [0.4, 0.5) is 0 Å². The highest BCUT2D eigenvalue weighted by Crippen LogP contribution is 2.23. The lowest BCUT2D eigenvalue weighted by atomic mass is 10.1. The lowest BCUT2D eigenvalue weighted by Crippen LogP contribution is -2.09. The summed E-state index contributed by atoms with van der Waals surface area (Å²) in [6, 6.07) is 11.6. The summed E-state index contributed by atoms with van der Waals surface area (Å²) >= 11 is 4.32. The highest BCUT2D eigenvalue weighted by atomic mass is 32.2. The molecule has 7 heteroatoms. The summed E-state index contributed by atoms with van der Waals surface area (Å²) in [4.78, 5) is 11.7. The van der Waals surface area contributed by atoms with Gasteiger partial charge in [0.1, 0.15) is 5.75 Å². The summed E-state index contributed by atoms with van der Waals surface area (Å²) < 4.78 is 36.0. The third kappa shape index (κ3) is 4.44. The van der Waals surface area contributed by atoms with Gasteiger partial charge in [-0.15, -0.1) is 6.58 Å². The predicted molar refractivity (Wildman–Crippen MR) is 89.6 cm³/mol. The molecular weight excluding hydrogens is 336 g/mol. The van der Waals surface area contributed by atoms with Crippen molar-refractivity contribution in [1.82, 2.24) is 0 Å². The van der Waals surface area contributed by atoms with Crippen LogP contribution in [-0.4, -0.2) is 18.9 Å². The van der Waals surface area contributed by atoms with Crippen LogP contribution in [0, 0.1) is 0 Å². The molecule has 0 spiro atoms. The minimum Gasteiger partial charge on any atom is -0.423 e. The number of carbonyl (C=O) groups is 1. The van der Waals surface area contributed by atoms with Gasteiger partial charge in [0, 0.05) is 5.25 Å². The Labute approximate surface area is 139 Å². The zero-order valence-corrected chi connectivity index (χ0v) is 13.6. The standard InChI is InChI=1S/C16H14O5S2/c1-2-15(22)11-3-7-13(8-4-11)21-16(17)12-5-9-14(10-6-12)23(18,19)20/h2-10,15,22H,1H2,(H,18,19,20). The molecule has 1 unspecified atom stereocenters. The average molecular weight is 350 g/mol. The Morgan fingerprint density at radius 3 is 2.17 bits per heavy atom. The molecule has 0 aliphatic rings. The third-order valence-corrected chi connectivity index (χ3v) is 4.42. The van der Waals surface area contributed by atoms with Crippen LogP contribution in [0.3, 0.4) is 0 Å². The van der Waals surface area contributed by atoms with Gasteiger partial charge in [-0.1, -0.05) is 18.2 Å². The highest BCUT2D eigenvalue weighted by Gasteiger charge is 2.13. The van der Waals surface area contributed by atoms with Crippen molar-refractivity contribution >= 4 is 28.7 Å². The quantitative estimate of drug-likeness (QED) is 0.284. The monoisotopic (exact) mass is 350 g/mol. The number of thiol groups is 1. The van der Waals surface area contributed by atoms with Gasteiger partial charge in [0.05, 0.1) is 10.5 Å². The summed E-state index contributed by atoms with van der Waals surface area (Å²) in [6.45, 7) is 3.65. The molecule has 1 atom stereocenters. The second-order valence-corrected chi connectivity index (χ2v) is 6.62. The van der Waals surface area contributed by atoms with E-state index in [0.717, 1.165) is 17.7 Å². The fourth-order valence-corrected chi connectivity index (χ4v) is 2.45. The third-order valence-electron chi connectivity index (χ3n) is 3.04. The summed E-state index contributed by atoms with van der Waals surface area (Å²) in [5.41, 5.74) is 1.08. The molecule has 120 valence electrons. The van der Waals surface area contributed by atoms with Gasteiger partial charge in [-0.05, 0) is 42.0 Å². The summed E-state index contributed by atoms with van der Waals surface area (Å²) in [5.74, 6) is -0.284. The normalized spacial score (nSPS) is 12.4. The largest absolute Gasteiger partial charge is 0.423 e. The lowest BCUT2D eigenvalue weighted by Gasteiger charge is -2.08. The number of hydrogen-bond donors (Lipinski definition) is 2. The van der Waals surface area contributed by atoms with E-state index in [1.807, 2.05) is 0 Å². The smallest absolute Gasteiger partial charge is 0.343 e. The van der Waals surface area contributed by atoms with Gasteiger partial charge in [-0.3, -0.25) is 4.55 Å². The van der Waals surface area contributed by atoms with Crippen molar-refractivity contribution in [3.05, 3.63) is 72.3 Å². The Kier molecular flexibility index (Phi) is 5.25. The fourth-order valence-electron chi connectivity index (χ4n) is 1.80. The second kappa shape index (κ2) is 6.99. The van der Waals surface area contributed by atoms with E-state index in [1.165, 1.54) is 12.1 Å². The molecule has 0 radical (unpaired) electrons. The number of esters is 1. The van der Waals surface area contributed by atoms with Crippen LogP contribution >= 0.6 is 12.6 Å². The maximum absolute atomic E-state index is 12.0. The van der Waals surface area contributed by atoms with Gasteiger partial charge < -0.3 is 4.74 Å². The van der Waals surface area contributed by atoms with Crippen LogP contribution in [-0.2, 0) is 10.1 Å². The maximum atomic E-state index is 12.0. The first-order chi connectivity index (χ1) is 10.8. The molecule has 0 saturated carbocycles. The lowest BCUT2D eigenvalue weighted by molar-refractivity contribution is 0.0734. The topological polar surface area (TPSA) is 80.7 Å². The van der Waals surface area contributed by atoms with E-state index in [-0.39, 0.29) is 15.7 Å². The van der Waals surface area contributed by atoms with Gasteiger partial charge in [-0.25, -0.2) is 4.79 Å². The maximum Gasteiger partial charge on any atom is 0.343 e. The number of benzene rings is 2. The second-order valence-electron chi connectivity index (χ2n) is 4.64. The minimum atomic E-state index is -4.29. The van der Waals surface area contributed by atoms with Crippen molar-refractivity contribution in [2.45, 2.75) is 10.1 Å². The molecular formula is C16H14O5S2. The van der Waals surface area contributed by atoms with E-state index in [1.54, 1.807) is 30.3 Å². The number of rotatable bonds is 5. The Hall–Kier alpha value is -2.09. The molecule has 5 nitrogen and oxygen atoms in total. The predicted octanol–water partition coefficient (Wildman–Crippen LogP) is 3.31. The molecule has 2 rings (SSSR count). The van der Waals surface area contributed by atoms with E-state index >= 15 is 0 Å². The Bertz CT molecular complexity index is 809. The Morgan fingerprint density at radius 1 is 1.13 bits per heavy atom. The number of hydrogen-bond acceptors (Lipinski definition) is 5. The van der Waals surface area contributed by atoms with E-state index in [4.69, 9.17) is 9.29 Å². The molecule has 0 saturated heterocycles. The molecule has 2 aromatic rings. The van der Waals surface area contributed by atoms with Crippen molar-refractivity contribution in [2.24, 2.45) is 0 Å². The van der Waals surface area contributed by atoms with Crippen LogP contribution < -0.4 is 4.74 Å². The number of carbonyl (C=O) groups excluding carboxylic acids is 1. The molecule has 0 fully saturated rings. The molecule has 23 heavy (non-hydrogen) atoms. The van der Waals surface area contributed by atoms with Crippen molar-refractivity contribution in [3.8, 4) is 5.75 Å². The molecule has 2 aromatic carbocycles. The van der Waals surface area contributed by atoms with Gasteiger partial charge in [0.15, 0.2) is 0 Å². The van der Waals surface area contributed by atoms with E-state index in [2.05, 4.69) is 19.2 Å². The summed E-state index contributed by atoms with van der Waals surface area (Å²) in [7, 11) is -4.29. The zero-order valence-electron chi connectivity index (χ0n) is 11.9. The number of ether oxygens (including phenoxy) is 1. The first kappa shape index (κ1) is 17.3. The minimum absolute atomic E-state index is 0.104. The van der Waals surface area contributed by atoms with Gasteiger partial charge in [0.25, 0.3) is 10.1 Å². The van der Waals surface area contributed by atoms with Gasteiger partial charge >= 0.3 is 5.97 Å². The molecule has 0 aliphatic carbocycles. The van der Waals surface area contributed by atoms with Crippen LogP contribution in [0.25, 0.3) is 0 Å². The molecule has 0 aromatic heterocycles. The Morgan fingerprint density at radius 2 is 1.70 bits per heavy atom. The molecule has 0 amide bonds. The average Bonchev–Trinajstić information content (AvgIpc) is 2.54. The van der Waals surface area contributed by atoms with Crippen molar-refractivity contribution in [2.75, 3.05) is 0 Å². The molecule has 0 bridgehead atoms. The van der Waals surface area contributed by atoms with Crippen molar-refractivity contribution in [3.63, 3.8) is 0 Å². The molecule has 1 N–H and O–H groups in total. The van der Waals surface area contributed by atoms with Crippen molar-refractivity contribution in [1.29, 1.82) is 0 Å². The van der Waals surface area contributed by atoms with Crippen molar-refractivity contribution < 1.29 is 22.5 Å². The van der Waals surface area contributed by atoms with Gasteiger partial charge in [0.2, 0.25) is 0 Å². The van der Waals surface area contributed by atoms with Crippen LogP contribution in [0.2, 0.25) is 0 Å². The molecule has 0 aliphatic heterocycles. The SMILES string of the molecule is C=CC(S)c1ccc(OC(=O)c2ccc(S(=O)(=O)O)cc2)cc1. The van der Waals surface area contributed by atoms with Crippen LogP contribution in [0.1, 0.15) is 21.2 Å². The van der Waals surface area contributed by atoms with E-state index < -0.39 is 16.1 Å². The highest BCUT2D eigenvalue weighted by molar-refractivity contribution is 7.85. The van der Waals surface area contributed by atoms with Crippen LogP contribution in [0.15, 0.2) is 66.1 Å². The summed E-state index contributed by atoms with van der Waals surface area (Å²) in [5, 5.41) is -0.104. The van der Waals surface area contributed by atoms with Crippen LogP contribution in [0.5, 0.6) is 5.75 Å². The first-order valence-electron chi connectivity index (χ1n) is 6.51. The molecule has 0 heterocycles. The van der Waals surface area contributed by atoms with E-state index in [0.29, 0.717) is 5.75 Å². The fraction of sp³-hybridized carbons (Fsp3) is 0.0625.